The van der Waals surface area contributed by atoms with Crippen molar-refractivity contribution in [2.75, 3.05) is 31.2 Å². The van der Waals surface area contributed by atoms with E-state index in [4.69, 9.17) is 10.00 Å². The molecule has 0 aromatic heterocycles. The lowest BCUT2D eigenvalue weighted by molar-refractivity contribution is 0.152. The molecule has 1 saturated heterocycles. The minimum absolute atomic E-state index is 0.369. The highest BCUT2D eigenvalue weighted by atomic mass is 19.1. The zero-order valence-electron chi connectivity index (χ0n) is 8.95. The van der Waals surface area contributed by atoms with Crippen molar-refractivity contribution in [1.82, 2.24) is 0 Å². The van der Waals surface area contributed by atoms with E-state index in [1.807, 2.05) is 6.07 Å². The van der Waals surface area contributed by atoms with E-state index in [0.29, 0.717) is 12.2 Å². The molecule has 84 valence electrons. The quantitative estimate of drug-likeness (QED) is 0.725. The third kappa shape index (κ3) is 2.31. The molecule has 0 amide bonds. The normalized spacial score (nSPS) is 16.6. The van der Waals surface area contributed by atoms with Crippen molar-refractivity contribution in [1.29, 1.82) is 5.26 Å². The Morgan fingerprint density at radius 2 is 2.19 bits per heavy atom. The molecule has 0 saturated carbocycles. The van der Waals surface area contributed by atoms with Gasteiger partial charge in [0.25, 0.3) is 0 Å². The highest BCUT2D eigenvalue weighted by molar-refractivity contribution is 5.59. The van der Waals surface area contributed by atoms with Gasteiger partial charge in [0.2, 0.25) is 0 Å². The molecule has 0 radical (unpaired) electrons. The topological polar surface area (TPSA) is 36.3 Å². The van der Waals surface area contributed by atoms with Gasteiger partial charge in [-0.05, 0) is 24.6 Å². The zero-order valence-corrected chi connectivity index (χ0v) is 8.95. The molecule has 3 nitrogen and oxygen atoms in total. The van der Waals surface area contributed by atoms with Crippen LogP contribution in [0.15, 0.2) is 18.2 Å². The number of anilines is 1. The predicted molar refractivity (Wildman–Crippen MR) is 58.8 cm³/mol. The van der Waals surface area contributed by atoms with Crippen molar-refractivity contribution in [3.05, 3.63) is 29.6 Å². The van der Waals surface area contributed by atoms with Crippen LogP contribution in [0.5, 0.6) is 0 Å². The van der Waals surface area contributed by atoms with Crippen molar-refractivity contribution in [2.24, 2.45) is 0 Å². The van der Waals surface area contributed by atoms with Crippen LogP contribution >= 0.6 is 0 Å². The molecule has 0 bridgehead atoms. The van der Waals surface area contributed by atoms with E-state index in [1.54, 1.807) is 6.07 Å². The Balaban J connectivity index is 2.28. The lowest BCUT2D eigenvalue weighted by Crippen LogP contribution is -2.26. The molecule has 4 heteroatoms. The summed E-state index contributed by atoms with van der Waals surface area (Å²) in [6.07, 6.45) is 0.933. The van der Waals surface area contributed by atoms with Gasteiger partial charge in [-0.3, -0.25) is 0 Å². The first kappa shape index (κ1) is 10.9. The van der Waals surface area contributed by atoms with E-state index in [9.17, 15) is 4.39 Å². The second-order valence-electron chi connectivity index (χ2n) is 3.73. The Bertz CT molecular complexity index is 406. The van der Waals surface area contributed by atoms with Gasteiger partial charge >= 0.3 is 0 Å². The van der Waals surface area contributed by atoms with E-state index < -0.39 is 0 Å². The van der Waals surface area contributed by atoms with Gasteiger partial charge in [0, 0.05) is 19.7 Å². The molecule has 0 spiro atoms. The number of ether oxygens (including phenoxy) is 1. The summed E-state index contributed by atoms with van der Waals surface area (Å²) < 4.78 is 18.3. The number of rotatable bonds is 1. The molecule has 16 heavy (non-hydrogen) atoms. The number of nitrogens with zero attached hydrogens (tertiary/aromatic N) is 2. The van der Waals surface area contributed by atoms with Gasteiger partial charge in [0.15, 0.2) is 0 Å². The molecule has 0 unspecified atom stereocenters. The Labute approximate surface area is 94.0 Å². The van der Waals surface area contributed by atoms with Crippen LogP contribution in [-0.4, -0.2) is 26.3 Å². The van der Waals surface area contributed by atoms with Crippen molar-refractivity contribution < 1.29 is 9.13 Å². The van der Waals surface area contributed by atoms with E-state index >= 15 is 0 Å². The second kappa shape index (κ2) is 4.95. The highest BCUT2D eigenvalue weighted by Crippen LogP contribution is 2.21. The van der Waals surface area contributed by atoms with Crippen molar-refractivity contribution in [3.8, 4) is 6.07 Å². The summed E-state index contributed by atoms with van der Waals surface area (Å²) in [7, 11) is 0. The number of hydrogen-bond acceptors (Lipinski definition) is 3. The van der Waals surface area contributed by atoms with E-state index in [-0.39, 0.29) is 5.82 Å². The summed E-state index contributed by atoms with van der Waals surface area (Å²) >= 11 is 0. The Hall–Kier alpha value is -1.60. The fourth-order valence-corrected chi connectivity index (χ4v) is 1.86. The SMILES string of the molecule is N#Cc1cc(F)ccc1N1CCCOCC1. The molecule has 1 heterocycles. The molecule has 0 aliphatic carbocycles. The van der Waals surface area contributed by atoms with Crippen molar-refractivity contribution in [3.63, 3.8) is 0 Å². The van der Waals surface area contributed by atoms with Crippen LogP contribution in [0.3, 0.4) is 0 Å². The summed E-state index contributed by atoms with van der Waals surface area (Å²) in [6.45, 7) is 3.00. The third-order valence-corrected chi connectivity index (χ3v) is 2.64. The van der Waals surface area contributed by atoms with E-state index in [0.717, 1.165) is 31.8 Å². The summed E-state index contributed by atoms with van der Waals surface area (Å²) in [5.41, 5.74) is 1.19. The largest absolute Gasteiger partial charge is 0.380 e. The van der Waals surface area contributed by atoms with Crippen LogP contribution in [0.2, 0.25) is 0 Å². The minimum Gasteiger partial charge on any atom is -0.380 e. The maximum atomic E-state index is 13.0. The zero-order chi connectivity index (χ0) is 11.4. The van der Waals surface area contributed by atoms with Gasteiger partial charge in [0.1, 0.15) is 11.9 Å². The lowest BCUT2D eigenvalue weighted by atomic mass is 10.1. The first-order valence-electron chi connectivity index (χ1n) is 5.33. The van der Waals surface area contributed by atoms with Crippen LogP contribution in [0.4, 0.5) is 10.1 Å². The summed E-state index contributed by atoms with van der Waals surface area (Å²) in [5.74, 6) is -0.369. The summed E-state index contributed by atoms with van der Waals surface area (Å²) in [4.78, 5) is 2.07. The molecule has 1 aliphatic rings. The third-order valence-electron chi connectivity index (χ3n) is 2.64. The average molecular weight is 220 g/mol. The maximum absolute atomic E-state index is 13.0. The van der Waals surface area contributed by atoms with Crippen molar-refractivity contribution >= 4 is 5.69 Å². The van der Waals surface area contributed by atoms with Gasteiger partial charge in [-0.25, -0.2) is 4.39 Å². The lowest BCUT2D eigenvalue weighted by Gasteiger charge is -2.22. The molecule has 2 rings (SSSR count). The Kier molecular flexibility index (Phi) is 3.37. The van der Waals surface area contributed by atoms with Crippen LogP contribution < -0.4 is 4.90 Å². The summed E-state index contributed by atoms with van der Waals surface area (Å²) in [6, 6.07) is 6.37. The number of hydrogen-bond donors (Lipinski definition) is 0. The Morgan fingerprint density at radius 3 is 3.00 bits per heavy atom. The van der Waals surface area contributed by atoms with Gasteiger partial charge in [-0.2, -0.15) is 5.26 Å². The molecular weight excluding hydrogens is 207 g/mol. The number of benzene rings is 1. The predicted octanol–water partition coefficient (Wildman–Crippen LogP) is 1.92. The van der Waals surface area contributed by atoms with Gasteiger partial charge in [-0.15, -0.1) is 0 Å². The van der Waals surface area contributed by atoms with E-state index in [2.05, 4.69) is 4.90 Å². The fourth-order valence-electron chi connectivity index (χ4n) is 1.86. The minimum atomic E-state index is -0.369. The number of nitriles is 1. The highest BCUT2D eigenvalue weighted by Gasteiger charge is 2.14. The van der Waals surface area contributed by atoms with Crippen LogP contribution in [-0.2, 0) is 4.74 Å². The molecule has 1 aliphatic heterocycles. The average Bonchev–Trinajstić information content (AvgIpc) is 2.57. The van der Waals surface area contributed by atoms with Crippen LogP contribution in [0.25, 0.3) is 0 Å². The standard InChI is InChI=1S/C12H13FN2O/c13-11-2-3-12(10(8-11)9-14)15-4-1-6-16-7-5-15/h2-3,8H,1,4-7H2. The first-order chi connectivity index (χ1) is 7.81. The molecule has 1 aromatic rings. The monoisotopic (exact) mass is 220 g/mol. The smallest absolute Gasteiger partial charge is 0.124 e. The van der Waals surface area contributed by atoms with Crippen LogP contribution in [0, 0.1) is 17.1 Å². The van der Waals surface area contributed by atoms with E-state index in [1.165, 1.54) is 12.1 Å². The fraction of sp³-hybridized carbons (Fsp3) is 0.417. The first-order valence-corrected chi connectivity index (χ1v) is 5.33. The molecule has 0 atom stereocenters. The van der Waals surface area contributed by atoms with Crippen LogP contribution in [0.1, 0.15) is 12.0 Å². The molecule has 1 fully saturated rings. The molecular formula is C12H13FN2O. The number of halogens is 1. The van der Waals surface area contributed by atoms with Gasteiger partial charge < -0.3 is 9.64 Å². The molecule has 0 N–H and O–H groups in total. The van der Waals surface area contributed by atoms with Gasteiger partial charge in [-0.1, -0.05) is 0 Å². The second-order valence-corrected chi connectivity index (χ2v) is 3.73. The van der Waals surface area contributed by atoms with Crippen molar-refractivity contribution in [2.45, 2.75) is 6.42 Å². The Morgan fingerprint density at radius 1 is 1.31 bits per heavy atom. The maximum Gasteiger partial charge on any atom is 0.124 e. The van der Waals surface area contributed by atoms with Gasteiger partial charge in [0.05, 0.1) is 17.9 Å². The summed E-state index contributed by atoms with van der Waals surface area (Å²) in [5, 5.41) is 8.97. The molecule has 1 aromatic carbocycles.